The quantitative estimate of drug-likeness (QED) is 0.335. The van der Waals surface area contributed by atoms with Crippen molar-refractivity contribution in [2.45, 2.75) is 32.5 Å². The third-order valence-corrected chi connectivity index (χ3v) is 5.80. The van der Waals surface area contributed by atoms with Crippen molar-refractivity contribution >= 4 is 22.8 Å². The van der Waals surface area contributed by atoms with Crippen LogP contribution in [0.4, 0.5) is 0 Å². The molecule has 182 valence electrons. The molecule has 0 radical (unpaired) electrons. The molecule has 0 bridgehead atoms. The van der Waals surface area contributed by atoms with Crippen LogP contribution in [0.15, 0.2) is 71.3 Å². The molecule has 35 heavy (non-hydrogen) atoms. The molecule has 0 aliphatic carbocycles. The first-order valence-corrected chi connectivity index (χ1v) is 11.6. The molecule has 0 aliphatic rings. The van der Waals surface area contributed by atoms with E-state index in [0.717, 1.165) is 17.5 Å². The Morgan fingerprint density at radius 1 is 1.11 bits per heavy atom. The highest BCUT2D eigenvalue weighted by atomic mass is 16.5. The Labute approximate surface area is 203 Å². The molecule has 9 heteroatoms. The summed E-state index contributed by atoms with van der Waals surface area (Å²) in [6.45, 7) is 2.81. The van der Waals surface area contributed by atoms with Crippen LogP contribution in [0, 0.1) is 0 Å². The molecule has 0 unspecified atom stereocenters. The molecule has 4 aromatic rings. The van der Waals surface area contributed by atoms with Crippen LogP contribution >= 0.6 is 0 Å². The molecular formula is C26H29N5O4. The monoisotopic (exact) mass is 475 g/mol. The molecule has 4 rings (SSSR count). The van der Waals surface area contributed by atoms with Crippen molar-refractivity contribution in [2.75, 3.05) is 20.3 Å². The van der Waals surface area contributed by atoms with Crippen LogP contribution in [0.25, 0.3) is 11.0 Å². The molecule has 2 amide bonds. The maximum absolute atomic E-state index is 13.7. The fourth-order valence-corrected chi connectivity index (χ4v) is 3.93. The van der Waals surface area contributed by atoms with E-state index in [1.54, 1.807) is 30.2 Å². The van der Waals surface area contributed by atoms with Crippen molar-refractivity contribution in [1.82, 2.24) is 25.2 Å². The third-order valence-electron chi connectivity index (χ3n) is 5.80. The van der Waals surface area contributed by atoms with E-state index in [1.807, 2.05) is 48.5 Å². The van der Waals surface area contributed by atoms with Gasteiger partial charge >= 0.3 is 0 Å². The summed E-state index contributed by atoms with van der Waals surface area (Å²) in [5.74, 6) is -0.0140. The van der Waals surface area contributed by atoms with Crippen molar-refractivity contribution in [2.24, 2.45) is 0 Å². The predicted octanol–water partition coefficient (Wildman–Crippen LogP) is 3.12. The van der Waals surface area contributed by atoms with Gasteiger partial charge in [-0.05, 0) is 41.8 Å². The minimum absolute atomic E-state index is 0.0733. The number of nitrogens with zero attached hydrogens (tertiary/aromatic N) is 4. The topological polar surface area (TPSA) is 102 Å². The van der Waals surface area contributed by atoms with Gasteiger partial charge in [-0.15, -0.1) is 5.10 Å². The summed E-state index contributed by atoms with van der Waals surface area (Å²) in [7, 11) is 1.57. The predicted molar refractivity (Wildman–Crippen MR) is 130 cm³/mol. The lowest BCUT2D eigenvalue weighted by molar-refractivity contribution is -0.142. The number of hydrogen-bond donors (Lipinski definition) is 1. The van der Waals surface area contributed by atoms with Crippen LogP contribution in [0.2, 0.25) is 0 Å². The average Bonchev–Trinajstić information content (AvgIpc) is 3.54. The Bertz CT molecular complexity index is 1250. The molecule has 2 aromatic carbocycles. The highest BCUT2D eigenvalue weighted by Crippen LogP contribution is 2.25. The summed E-state index contributed by atoms with van der Waals surface area (Å²) in [6, 6.07) is 17.9. The number of ether oxygens (including phenoxy) is 1. The van der Waals surface area contributed by atoms with Crippen LogP contribution in [0.5, 0.6) is 0 Å². The van der Waals surface area contributed by atoms with Gasteiger partial charge in [0.15, 0.2) is 0 Å². The van der Waals surface area contributed by atoms with Crippen molar-refractivity contribution < 1.29 is 18.7 Å². The second-order valence-electron chi connectivity index (χ2n) is 8.12. The maximum atomic E-state index is 13.7. The zero-order chi connectivity index (χ0) is 24.6. The normalized spacial score (nSPS) is 11.9. The van der Waals surface area contributed by atoms with Crippen molar-refractivity contribution in [3.05, 3.63) is 83.8 Å². The zero-order valence-electron chi connectivity index (χ0n) is 19.9. The van der Waals surface area contributed by atoms with Crippen LogP contribution in [0.3, 0.4) is 0 Å². The lowest BCUT2D eigenvalue weighted by Crippen LogP contribution is -2.45. The summed E-state index contributed by atoms with van der Waals surface area (Å²) >= 11 is 0. The van der Waals surface area contributed by atoms with Crippen molar-refractivity contribution in [1.29, 1.82) is 0 Å². The number of aryl methyl sites for hydroxylation is 1. The van der Waals surface area contributed by atoms with Gasteiger partial charge in [-0.3, -0.25) is 9.59 Å². The second kappa shape index (κ2) is 11.4. The summed E-state index contributed by atoms with van der Waals surface area (Å²) in [6.07, 6.45) is 2.42. The Morgan fingerprint density at radius 3 is 2.63 bits per heavy atom. The van der Waals surface area contributed by atoms with Gasteiger partial charge < -0.3 is 19.4 Å². The molecular weight excluding hydrogens is 446 g/mol. The molecule has 0 spiro atoms. The Morgan fingerprint density at radius 2 is 1.91 bits per heavy atom. The number of methoxy groups -OCH3 is 1. The average molecular weight is 476 g/mol. The molecule has 1 atom stereocenters. The second-order valence-corrected chi connectivity index (χ2v) is 8.12. The minimum atomic E-state index is -0.870. The van der Waals surface area contributed by atoms with Crippen molar-refractivity contribution in [3.63, 3.8) is 0 Å². The number of fused-ring (bicyclic) bond motifs is 1. The summed E-state index contributed by atoms with van der Waals surface area (Å²) in [4.78, 5) is 28.7. The van der Waals surface area contributed by atoms with Crippen LogP contribution in [0.1, 0.15) is 29.9 Å². The Kier molecular flexibility index (Phi) is 7.89. The van der Waals surface area contributed by atoms with Gasteiger partial charge in [-0.25, -0.2) is 4.68 Å². The molecule has 0 saturated carbocycles. The first-order chi connectivity index (χ1) is 17.1. The maximum Gasteiger partial charge on any atom is 0.247 e. The van der Waals surface area contributed by atoms with E-state index in [4.69, 9.17) is 9.15 Å². The van der Waals surface area contributed by atoms with E-state index >= 15 is 0 Å². The summed E-state index contributed by atoms with van der Waals surface area (Å²) in [5.41, 5.74) is 3.29. The number of benzene rings is 2. The number of para-hydroxylation sites is 1. The molecule has 9 nitrogen and oxygen atoms in total. The van der Waals surface area contributed by atoms with Crippen molar-refractivity contribution in [3.8, 4) is 0 Å². The van der Waals surface area contributed by atoms with E-state index in [-0.39, 0.29) is 24.9 Å². The van der Waals surface area contributed by atoms with Gasteiger partial charge in [-0.2, -0.15) is 0 Å². The minimum Gasteiger partial charge on any atom is -0.467 e. The van der Waals surface area contributed by atoms with Crippen LogP contribution in [-0.4, -0.2) is 52.0 Å². The van der Waals surface area contributed by atoms with E-state index < -0.39 is 6.04 Å². The van der Waals surface area contributed by atoms with Crippen LogP contribution < -0.4 is 5.32 Å². The lowest BCUT2D eigenvalue weighted by Gasteiger charge is -2.31. The molecule has 1 N–H and O–H groups in total. The smallest absolute Gasteiger partial charge is 0.247 e. The molecule has 2 aromatic heterocycles. The molecule has 2 heterocycles. The number of carbonyl (C=O) groups excluding carboxylic acids is 2. The van der Waals surface area contributed by atoms with Crippen LogP contribution in [-0.2, 0) is 33.8 Å². The number of aromatic nitrogens is 3. The number of hydrogen-bond acceptors (Lipinski definition) is 6. The van der Waals surface area contributed by atoms with Gasteiger partial charge in [0.2, 0.25) is 11.8 Å². The summed E-state index contributed by atoms with van der Waals surface area (Å²) in [5, 5.41) is 11.2. The zero-order valence-corrected chi connectivity index (χ0v) is 19.9. The highest BCUT2D eigenvalue weighted by molar-refractivity contribution is 5.89. The van der Waals surface area contributed by atoms with E-state index in [2.05, 4.69) is 22.6 Å². The molecule has 0 aliphatic heterocycles. The molecule has 0 fully saturated rings. The van der Waals surface area contributed by atoms with Gasteiger partial charge in [0.05, 0.1) is 24.9 Å². The fourth-order valence-electron chi connectivity index (χ4n) is 3.93. The first kappa shape index (κ1) is 24.2. The third kappa shape index (κ3) is 5.75. The number of furan rings is 1. The fraction of sp³-hybridized carbons (Fsp3) is 0.308. The Balaban J connectivity index is 1.69. The van der Waals surface area contributed by atoms with E-state index in [9.17, 15) is 9.59 Å². The summed E-state index contributed by atoms with van der Waals surface area (Å²) < 4.78 is 12.2. The van der Waals surface area contributed by atoms with Gasteiger partial charge in [0, 0.05) is 13.7 Å². The van der Waals surface area contributed by atoms with E-state index in [0.29, 0.717) is 30.0 Å². The number of amides is 2. The lowest BCUT2D eigenvalue weighted by atomic mass is 10.0. The van der Waals surface area contributed by atoms with Gasteiger partial charge in [-0.1, -0.05) is 48.5 Å². The van der Waals surface area contributed by atoms with Gasteiger partial charge in [0.1, 0.15) is 23.9 Å². The SMILES string of the molecule is CCc1ccc([C@H](C(=O)NCCOC)N(Cc2ccco2)C(=O)Cn2nnc3ccccc32)cc1. The number of carbonyl (C=O) groups is 2. The number of rotatable bonds is 11. The highest BCUT2D eigenvalue weighted by Gasteiger charge is 2.32. The Hall–Kier alpha value is -3.98. The molecule has 0 saturated heterocycles. The first-order valence-electron chi connectivity index (χ1n) is 11.6. The largest absolute Gasteiger partial charge is 0.467 e. The van der Waals surface area contributed by atoms with E-state index in [1.165, 1.54) is 4.90 Å². The number of nitrogens with one attached hydrogen (secondary N) is 1. The standard InChI is InChI=1S/C26H29N5O4/c1-3-19-10-12-20(13-11-19)25(26(33)27-14-16-34-2)30(17-21-7-6-15-35-21)24(32)18-31-23-9-5-4-8-22(23)28-29-31/h4-13,15,25H,3,14,16-18H2,1-2H3,(H,27,33)/t25-/m1/s1. The van der Waals surface area contributed by atoms with Gasteiger partial charge in [0.25, 0.3) is 0 Å².